The van der Waals surface area contributed by atoms with Gasteiger partial charge in [0.15, 0.2) is 0 Å². The molecule has 2 aromatic rings. The number of aromatic nitrogens is 2. The normalized spacial score (nSPS) is 21.7. The lowest BCUT2D eigenvalue weighted by molar-refractivity contribution is -0.126. The standard InChI is InChI=1S/C19H24N4O3/c24-18-12-17(21-16-5-1-2-9-23(16)18)22-8-3-4-14(13-22)19(25)20-15-6-10-26-11-7-15/h1-2,5,9,12,14-15H,3-4,6-8,10-11,13H2,(H,20,25). The maximum Gasteiger partial charge on any atom is 0.259 e. The number of hydrogen-bond donors (Lipinski definition) is 1. The quantitative estimate of drug-likeness (QED) is 0.895. The Balaban J connectivity index is 1.48. The van der Waals surface area contributed by atoms with Gasteiger partial charge in [-0.3, -0.25) is 14.0 Å². The molecule has 0 aliphatic carbocycles. The number of anilines is 1. The minimum Gasteiger partial charge on any atom is -0.381 e. The van der Waals surface area contributed by atoms with Gasteiger partial charge in [0.2, 0.25) is 5.91 Å². The van der Waals surface area contributed by atoms with Crippen LogP contribution in [-0.4, -0.2) is 47.6 Å². The lowest BCUT2D eigenvalue weighted by Crippen LogP contribution is -2.47. The summed E-state index contributed by atoms with van der Waals surface area (Å²) in [5.74, 6) is 0.700. The van der Waals surface area contributed by atoms with Crippen LogP contribution in [0, 0.1) is 5.92 Å². The number of pyridine rings is 1. The Morgan fingerprint density at radius 1 is 1.23 bits per heavy atom. The Morgan fingerprint density at radius 2 is 2.08 bits per heavy atom. The van der Waals surface area contributed by atoms with Crippen molar-refractivity contribution in [2.24, 2.45) is 5.92 Å². The van der Waals surface area contributed by atoms with E-state index in [1.165, 1.54) is 4.40 Å². The summed E-state index contributed by atoms with van der Waals surface area (Å²) in [6, 6.07) is 7.28. The Kier molecular flexibility index (Phi) is 4.88. The number of ether oxygens (including phenoxy) is 1. The summed E-state index contributed by atoms with van der Waals surface area (Å²) in [4.78, 5) is 31.7. The van der Waals surface area contributed by atoms with Crippen LogP contribution in [-0.2, 0) is 9.53 Å². The minimum atomic E-state index is -0.0978. The van der Waals surface area contributed by atoms with E-state index in [0.29, 0.717) is 31.2 Å². The Morgan fingerprint density at radius 3 is 2.92 bits per heavy atom. The molecule has 4 rings (SSSR count). The maximum atomic E-state index is 12.7. The fourth-order valence-electron chi connectivity index (χ4n) is 3.76. The monoisotopic (exact) mass is 356 g/mol. The third kappa shape index (κ3) is 3.58. The number of nitrogens with zero attached hydrogens (tertiary/aromatic N) is 3. The molecule has 1 atom stereocenters. The Labute approximate surface area is 152 Å². The Hall–Kier alpha value is -2.41. The number of nitrogens with one attached hydrogen (secondary N) is 1. The first-order valence-electron chi connectivity index (χ1n) is 9.32. The summed E-state index contributed by atoms with van der Waals surface area (Å²) in [6.45, 7) is 2.85. The molecule has 2 aliphatic heterocycles. The third-order valence-corrected chi connectivity index (χ3v) is 5.24. The fraction of sp³-hybridized carbons (Fsp3) is 0.526. The van der Waals surface area contributed by atoms with Crippen molar-refractivity contribution in [2.45, 2.75) is 31.7 Å². The minimum absolute atomic E-state index is 0.0670. The third-order valence-electron chi connectivity index (χ3n) is 5.24. The van der Waals surface area contributed by atoms with Gasteiger partial charge in [-0.05, 0) is 37.8 Å². The van der Waals surface area contributed by atoms with Crippen LogP contribution >= 0.6 is 0 Å². The van der Waals surface area contributed by atoms with Crippen molar-refractivity contribution in [3.8, 4) is 0 Å². The van der Waals surface area contributed by atoms with Gasteiger partial charge in [0, 0.05) is 44.6 Å². The molecule has 1 unspecified atom stereocenters. The van der Waals surface area contributed by atoms with Gasteiger partial charge in [0.25, 0.3) is 5.56 Å². The van der Waals surface area contributed by atoms with Crippen molar-refractivity contribution in [2.75, 3.05) is 31.2 Å². The second-order valence-corrected chi connectivity index (χ2v) is 7.06. The molecule has 4 heterocycles. The average Bonchev–Trinajstić information content (AvgIpc) is 2.69. The second kappa shape index (κ2) is 7.45. The molecule has 0 bridgehead atoms. The Bertz CT molecular complexity index is 844. The van der Waals surface area contributed by atoms with Crippen molar-refractivity contribution in [1.29, 1.82) is 0 Å². The molecule has 0 spiro atoms. The first-order chi connectivity index (χ1) is 12.7. The summed E-state index contributed by atoms with van der Waals surface area (Å²) in [5.41, 5.74) is 0.531. The van der Waals surface area contributed by atoms with Crippen LogP contribution in [0.2, 0.25) is 0 Å². The summed E-state index contributed by atoms with van der Waals surface area (Å²) in [5, 5.41) is 3.17. The van der Waals surface area contributed by atoms with Crippen molar-refractivity contribution >= 4 is 17.4 Å². The van der Waals surface area contributed by atoms with Crippen LogP contribution in [0.3, 0.4) is 0 Å². The molecule has 2 saturated heterocycles. The highest BCUT2D eigenvalue weighted by molar-refractivity contribution is 5.79. The molecule has 2 aromatic heterocycles. The number of hydrogen-bond acceptors (Lipinski definition) is 5. The smallest absolute Gasteiger partial charge is 0.259 e. The van der Waals surface area contributed by atoms with E-state index in [1.54, 1.807) is 12.3 Å². The molecule has 1 amide bonds. The first-order valence-corrected chi connectivity index (χ1v) is 9.32. The van der Waals surface area contributed by atoms with Crippen LogP contribution in [0.5, 0.6) is 0 Å². The lowest BCUT2D eigenvalue weighted by atomic mass is 9.96. The predicted molar refractivity (Wildman–Crippen MR) is 98.4 cm³/mol. The zero-order chi connectivity index (χ0) is 17.9. The molecule has 7 nitrogen and oxygen atoms in total. The van der Waals surface area contributed by atoms with Gasteiger partial charge in [-0.2, -0.15) is 0 Å². The number of carbonyl (C=O) groups is 1. The number of rotatable bonds is 3. The van der Waals surface area contributed by atoms with Crippen molar-refractivity contribution in [3.05, 3.63) is 40.8 Å². The average molecular weight is 356 g/mol. The van der Waals surface area contributed by atoms with E-state index in [-0.39, 0.29) is 23.4 Å². The number of carbonyl (C=O) groups excluding carboxylic acids is 1. The first kappa shape index (κ1) is 17.0. The molecule has 26 heavy (non-hydrogen) atoms. The van der Waals surface area contributed by atoms with Crippen LogP contribution in [0.4, 0.5) is 5.82 Å². The van der Waals surface area contributed by atoms with Gasteiger partial charge in [-0.25, -0.2) is 4.98 Å². The second-order valence-electron chi connectivity index (χ2n) is 7.06. The van der Waals surface area contributed by atoms with E-state index < -0.39 is 0 Å². The van der Waals surface area contributed by atoms with E-state index in [2.05, 4.69) is 15.2 Å². The van der Waals surface area contributed by atoms with Crippen molar-refractivity contribution in [1.82, 2.24) is 14.7 Å². The van der Waals surface area contributed by atoms with E-state index >= 15 is 0 Å². The van der Waals surface area contributed by atoms with Gasteiger partial charge < -0.3 is 15.0 Å². The van der Waals surface area contributed by atoms with Crippen LogP contribution < -0.4 is 15.8 Å². The molecule has 0 saturated carbocycles. The van der Waals surface area contributed by atoms with E-state index in [9.17, 15) is 9.59 Å². The maximum absolute atomic E-state index is 12.7. The molecular formula is C19H24N4O3. The SMILES string of the molecule is O=C(NC1CCOCC1)C1CCCN(c2cc(=O)n3ccccc3n2)C1. The predicted octanol–water partition coefficient (Wildman–Crippen LogP) is 1.21. The molecule has 7 heteroatoms. The summed E-state index contributed by atoms with van der Waals surface area (Å²) in [7, 11) is 0. The molecule has 2 aliphatic rings. The van der Waals surface area contributed by atoms with Gasteiger partial charge in [0.1, 0.15) is 11.5 Å². The van der Waals surface area contributed by atoms with Crippen LogP contribution in [0.25, 0.3) is 5.65 Å². The number of amides is 1. The van der Waals surface area contributed by atoms with Gasteiger partial charge in [-0.15, -0.1) is 0 Å². The zero-order valence-electron chi connectivity index (χ0n) is 14.8. The van der Waals surface area contributed by atoms with E-state index in [0.717, 1.165) is 32.2 Å². The van der Waals surface area contributed by atoms with Gasteiger partial charge in [0.05, 0.1) is 5.92 Å². The van der Waals surface area contributed by atoms with Crippen molar-refractivity contribution in [3.63, 3.8) is 0 Å². The highest BCUT2D eigenvalue weighted by Crippen LogP contribution is 2.22. The topological polar surface area (TPSA) is 75.9 Å². The highest BCUT2D eigenvalue weighted by atomic mass is 16.5. The fourth-order valence-corrected chi connectivity index (χ4v) is 3.76. The highest BCUT2D eigenvalue weighted by Gasteiger charge is 2.28. The number of piperidine rings is 1. The van der Waals surface area contributed by atoms with Gasteiger partial charge >= 0.3 is 0 Å². The van der Waals surface area contributed by atoms with E-state index in [4.69, 9.17) is 4.74 Å². The molecule has 0 radical (unpaired) electrons. The van der Waals surface area contributed by atoms with Gasteiger partial charge in [-0.1, -0.05) is 6.07 Å². The summed E-state index contributed by atoms with van der Waals surface area (Å²) in [6.07, 6.45) is 5.27. The zero-order valence-corrected chi connectivity index (χ0v) is 14.8. The van der Waals surface area contributed by atoms with Crippen LogP contribution in [0.15, 0.2) is 35.3 Å². The molecular weight excluding hydrogens is 332 g/mol. The molecule has 2 fully saturated rings. The van der Waals surface area contributed by atoms with Crippen LogP contribution in [0.1, 0.15) is 25.7 Å². The lowest BCUT2D eigenvalue weighted by Gasteiger charge is -2.34. The van der Waals surface area contributed by atoms with Crippen molar-refractivity contribution < 1.29 is 9.53 Å². The molecule has 138 valence electrons. The summed E-state index contributed by atoms with van der Waals surface area (Å²) >= 11 is 0. The largest absolute Gasteiger partial charge is 0.381 e. The number of fused-ring (bicyclic) bond motifs is 1. The van der Waals surface area contributed by atoms with E-state index in [1.807, 2.05) is 18.2 Å². The summed E-state index contributed by atoms with van der Waals surface area (Å²) < 4.78 is 6.88. The molecule has 0 aromatic carbocycles. The molecule has 1 N–H and O–H groups in total.